The maximum atomic E-state index is 12.4. The summed E-state index contributed by atoms with van der Waals surface area (Å²) in [4.78, 5) is 50.2. The number of esters is 1. The zero-order chi connectivity index (χ0) is 20.3. The number of amides is 3. The van der Waals surface area contributed by atoms with E-state index in [0.717, 1.165) is 17.7 Å². The number of nitrogens with zero attached hydrogens (tertiary/aromatic N) is 2. The molecule has 0 spiro atoms. The standard InChI is InChI=1S/C20H21N3O5/c1-12(18(25)22-16-9-5-2-6-13(16)10-21)28-17(24)11-23-19(26)14-7-3-4-8-15(14)20(23)27/h2,5-6,9,12,14-15H,3-4,7-8,11H2,1H3,(H,22,25)/t12-,14-,15-/m0/s1. The fourth-order valence-electron chi connectivity index (χ4n) is 3.73. The molecular formula is C20H21N3O5. The Hall–Kier alpha value is -3.21. The van der Waals surface area contributed by atoms with Crippen molar-refractivity contribution in [1.82, 2.24) is 4.90 Å². The lowest BCUT2D eigenvalue weighted by Crippen LogP contribution is -2.39. The molecular weight excluding hydrogens is 362 g/mol. The lowest BCUT2D eigenvalue weighted by molar-refractivity contribution is -0.158. The van der Waals surface area contributed by atoms with Crippen molar-refractivity contribution < 1.29 is 23.9 Å². The Labute approximate surface area is 162 Å². The van der Waals surface area contributed by atoms with Crippen molar-refractivity contribution in [3.63, 3.8) is 0 Å². The molecule has 0 bridgehead atoms. The Bertz CT molecular complexity index is 836. The Morgan fingerprint density at radius 3 is 2.43 bits per heavy atom. The maximum absolute atomic E-state index is 12.4. The van der Waals surface area contributed by atoms with Gasteiger partial charge in [-0.3, -0.25) is 24.1 Å². The average Bonchev–Trinajstić information content (AvgIpc) is 2.93. The second kappa shape index (κ2) is 8.21. The van der Waals surface area contributed by atoms with Crippen LogP contribution < -0.4 is 5.32 Å². The molecule has 3 amide bonds. The molecule has 1 N–H and O–H groups in total. The van der Waals surface area contributed by atoms with Crippen LogP contribution in [-0.4, -0.2) is 41.2 Å². The first-order valence-electron chi connectivity index (χ1n) is 9.27. The van der Waals surface area contributed by atoms with Gasteiger partial charge in [-0.2, -0.15) is 5.26 Å². The summed E-state index contributed by atoms with van der Waals surface area (Å²) in [6.07, 6.45) is 1.99. The average molecular weight is 383 g/mol. The number of nitrogens with one attached hydrogen (secondary N) is 1. The number of carbonyl (C=O) groups excluding carboxylic acids is 4. The molecule has 146 valence electrons. The molecule has 8 heteroatoms. The summed E-state index contributed by atoms with van der Waals surface area (Å²) in [5.41, 5.74) is 0.595. The number of benzene rings is 1. The topological polar surface area (TPSA) is 117 Å². The summed E-state index contributed by atoms with van der Waals surface area (Å²) in [6.45, 7) is 0.896. The van der Waals surface area contributed by atoms with Crippen LogP contribution in [0.15, 0.2) is 24.3 Å². The third kappa shape index (κ3) is 3.88. The zero-order valence-electron chi connectivity index (χ0n) is 15.5. The largest absolute Gasteiger partial charge is 0.451 e. The molecule has 1 aromatic rings. The second-order valence-corrected chi connectivity index (χ2v) is 7.04. The highest BCUT2D eigenvalue weighted by Gasteiger charge is 2.48. The molecule has 0 radical (unpaired) electrons. The Morgan fingerprint density at radius 1 is 1.21 bits per heavy atom. The van der Waals surface area contributed by atoms with E-state index in [0.29, 0.717) is 18.5 Å². The molecule has 2 aliphatic rings. The molecule has 8 nitrogen and oxygen atoms in total. The number of anilines is 1. The van der Waals surface area contributed by atoms with Crippen LogP contribution in [0.5, 0.6) is 0 Å². The van der Waals surface area contributed by atoms with Crippen LogP contribution in [0, 0.1) is 23.2 Å². The number of fused-ring (bicyclic) bond motifs is 1. The molecule has 28 heavy (non-hydrogen) atoms. The fourth-order valence-corrected chi connectivity index (χ4v) is 3.73. The molecule has 1 saturated heterocycles. The van der Waals surface area contributed by atoms with Crippen molar-refractivity contribution in [3.05, 3.63) is 29.8 Å². The number of nitriles is 1. The molecule has 1 heterocycles. The number of rotatable bonds is 5. The summed E-state index contributed by atoms with van der Waals surface area (Å²) in [6, 6.07) is 8.40. The van der Waals surface area contributed by atoms with Crippen molar-refractivity contribution in [1.29, 1.82) is 5.26 Å². The van der Waals surface area contributed by atoms with Crippen LogP contribution in [0.25, 0.3) is 0 Å². The summed E-state index contributed by atoms with van der Waals surface area (Å²) in [7, 11) is 0. The highest BCUT2D eigenvalue weighted by molar-refractivity contribution is 6.07. The zero-order valence-corrected chi connectivity index (χ0v) is 15.5. The Kier molecular flexibility index (Phi) is 5.73. The van der Waals surface area contributed by atoms with Gasteiger partial charge in [0.1, 0.15) is 12.6 Å². The van der Waals surface area contributed by atoms with Crippen LogP contribution in [0.4, 0.5) is 5.69 Å². The number of carbonyl (C=O) groups is 4. The van der Waals surface area contributed by atoms with Crippen LogP contribution >= 0.6 is 0 Å². The van der Waals surface area contributed by atoms with Crippen LogP contribution in [0.2, 0.25) is 0 Å². The van der Waals surface area contributed by atoms with Gasteiger partial charge in [0.15, 0.2) is 6.10 Å². The van der Waals surface area contributed by atoms with Crippen molar-refractivity contribution in [2.45, 2.75) is 38.7 Å². The quantitative estimate of drug-likeness (QED) is 0.610. The summed E-state index contributed by atoms with van der Waals surface area (Å²) in [5.74, 6) is -2.76. The van der Waals surface area contributed by atoms with Crippen molar-refractivity contribution in [2.75, 3.05) is 11.9 Å². The third-order valence-corrected chi connectivity index (χ3v) is 5.20. The summed E-state index contributed by atoms with van der Waals surface area (Å²) >= 11 is 0. The number of ether oxygens (including phenoxy) is 1. The predicted molar refractivity (Wildman–Crippen MR) is 97.5 cm³/mol. The number of hydrogen-bond donors (Lipinski definition) is 1. The molecule has 1 aliphatic carbocycles. The number of hydrogen-bond acceptors (Lipinski definition) is 6. The highest BCUT2D eigenvalue weighted by atomic mass is 16.5. The van der Waals surface area contributed by atoms with Gasteiger partial charge in [-0.1, -0.05) is 25.0 Å². The number of imide groups is 1. The van der Waals surface area contributed by atoms with Crippen LogP contribution in [0.1, 0.15) is 38.2 Å². The normalized spacial score (nSPS) is 22.2. The molecule has 1 aromatic carbocycles. The van der Waals surface area contributed by atoms with Gasteiger partial charge < -0.3 is 10.1 Å². The number of para-hydroxylation sites is 1. The van der Waals surface area contributed by atoms with Gasteiger partial charge in [0.2, 0.25) is 11.8 Å². The van der Waals surface area contributed by atoms with Gasteiger partial charge >= 0.3 is 5.97 Å². The van der Waals surface area contributed by atoms with Crippen LogP contribution in [-0.2, 0) is 23.9 Å². The van der Waals surface area contributed by atoms with E-state index in [-0.39, 0.29) is 29.2 Å². The molecule has 1 aliphatic heterocycles. The molecule has 0 aromatic heterocycles. The first-order valence-corrected chi connectivity index (χ1v) is 9.27. The van der Waals surface area contributed by atoms with E-state index < -0.39 is 24.5 Å². The van der Waals surface area contributed by atoms with E-state index in [1.807, 2.05) is 6.07 Å². The molecule has 2 fully saturated rings. The van der Waals surface area contributed by atoms with E-state index in [1.165, 1.54) is 6.92 Å². The van der Waals surface area contributed by atoms with Gasteiger partial charge in [0.05, 0.1) is 23.1 Å². The van der Waals surface area contributed by atoms with Gasteiger partial charge in [-0.25, -0.2) is 0 Å². The first-order chi connectivity index (χ1) is 13.4. The minimum Gasteiger partial charge on any atom is -0.451 e. The lowest BCUT2D eigenvalue weighted by Gasteiger charge is -2.19. The van der Waals surface area contributed by atoms with Crippen molar-refractivity contribution in [3.8, 4) is 6.07 Å². The molecule has 1 saturated carbocycles. The smallest absolute Gasteiger partial charge is 0.326 e. The molecule has 3 rings (SSSR count). The van der Waals surface area contributed by atoms with E-state index in [2.05, 4.69) is 5.32 Å². The minimum absolute atomic E-state index is 0.283. The van der Waals surface area contributed by atoms with Crippen LogP contribution in [0.3, 0.4) is 0 Å². The van der Waals surface area contributed by atoms with Gasteiger partial charge in [-0.15, -0.1) is 0 Å². The monoisotopic (exact) mass is 383 g/mol. The SMILES string of the molecule is C[C@H](OC(=O)CN1C(=O)[C@H]2CCCC[C@@H]2C1=O)C(=O)Nc1ccccc1C#N. The summed E-state index contributed by atoms with van der Waals surface area (Å²) < 4.78 is 5.09. The van der Waals surface area contributed by atoms with Crippen molar-refractivity contribution >= 4 is 29.4 Å². The van der Waals surface area contributed by atoms with E-state index in [1.54, 1.807) is 24.3 Å². The Morgan fingerprint density at radius 2 is 1.82 bits per heavy atom. The van der Waals surface area contributed by atoms with E-state index in [9.17, 15) is 19.2 Å². The Balaban J connectivity index is 1.57. The van der Waals surface area contributed by atoms with E-state index in [4.69, 9.17) is 10.00 Å². The minimum atomic E-state index is -1.14. The maximum Gasteiger partial charge on any atom is 0.326 e. The van der Waals surface area contributed by atoms with Gasteiger partial charge in [0.25, 0.3) is 5.91 Å². The second-order valence-electron chi connectivity index (χ2n) is 7.04. The highest BCUT2D eigenvalue weighted by Crippen LogP contribution is 2.37. The predicted octanol–water partition coefficient (Wildman–Crippen LogP) is 1.60. The summed E-state index contributed by atoms with van der Waals surface area (Å²) in [5, 5.41) is 11.6. The van der Waals surface area contributed by atoms with Crippen molar-refractivity contribution in [2.24, 2.45) is 11.8 Å². The van der Waals surface area contributed by atoms with Gasteiger partial charge in [0, 0.05) is 0 Å². The van der Waals surface area contributed by atoms with Gasteiger partial charge in [-0.05, 0) is 31.9 Å². The molecule has 0 unspecified atom stereocenters. The lowest BCUT2D eigenvalue weighted by atomic mass is 9.81. The first kappa shape index (κ1) is 19.5. The number of likely N-dealkylation sites (tertiary alicyclic amines) is 1. The fraction of sp³-hybridized carbons (Fsp3) is 0.450. The molecule has 3 atom stereocenters. The van der Waals surface area contributed by atoms with E-state index >= 15 is 0 Å². The third-order valence-electron chi connectivity index (χ3n) is 5.20.